The van der Waals surface area contributed by atoms with E-state index in [1.807, 2.05) is 0 Å². The summed E-state index contributed by atoms with van der Waals surface area (Å²) in [6.45, 7) is 0. The summed E-state index contributed by atoms with van der Waals surface area (Å²) in [5.41, 5.74) is 0.0923. The number of fused-ring (bicyclic) bond motifs is 2. The molecule has 2 bridgehead atoms. The minimum absolute atomic E-state index is 0.0302. The van der Waals surface area contributed by atoms with Gasteiger partial charge >= 0.3 is 11.9 Å². The van der Waals surface area contributed by atoms with Crippen LogP contribution >= 0.6 is 0 Å². The fraction of sp³-hybridized carbons (Fsp3) is 0.636. The maximum Gasteiger partial charge on any atom is 0.332 e. The number of carbonyl (C=O) groups is 2. The first-order valence-electron chi connectivity index (χ1n) is 5.25. The highest BCUT2D eigenvalue weighted by atomic mass is 16.4. The van der Waals surface area contributed by atoms with Crippen LogP contribution in [0.1, 0.15) is 25.7 Å². The Balaban J connectivity index is 2.19. The average Bonchev–Trinajstić information content (AvgIpc) is 2.73. The van der Waals surface area contributed by atoms with E-state index in [9.17, 15) is 9.59 Å². The largest absolute Gasteiger partial charge is 0.478 e. The maximum absolute atomic E-state index is 11.0. The average molecular weight is 210 g/mol. The monoisotopic (exact) mass is 210 g/mol. The van der Waals surface area contributed by atoms with Gasteiger partial charge in [-0.1, -0.05) is 6.42 Å². The molecule has 2 N–H and O–H groups in total. The van der Waals surface area contributed by atoms with Gasteiger partial charge in [0.25, 0.3) is 0 Å². The molecule has 4 nitrogen and oxygen atoms in total. The molecule has 2 fully saturated rings. The van der Waals surface area contributed by atoms with Gasteiger partial charge in [-0.25, -0.2) is 9.59 Å². The second kappa shape index (κ2) is 3.68. The van der Waals surface area contributed by atoms with Crippen LogP contribution in [-0.2, 0) is 9.59 Å². The second-order valence-electron chi connectivity index (χ2n) is 4.52. The summed E-state index contributed by atoms with van der Waals surface area (Å²) in [6.07, 6.45) is 5.04. The van der Waals surface area contributed by atoms with Crippen LogP contribution in [0.4, 0.5) is 0 Å². The molecule has 15 heavy (non-hydrogen) atoms. The van der Waals surface area contributed by atoms with Crippen molar-refractivity contribution in [3.8, 4) is 0 Å². The molecule has 4 heteroatoms. The van der Waals surface area contributed by atoms with Gasteiger partial charge in [0.1, 0.15) is 0 Å². The van der Waals surface area contributed by atoms with Crippen LogP contribution in [0.15, 0.2) is 11.6 Å². The molecule has 0 aromatic rings. The Hall–Kier alpha value is -1.32. The molecule has 0 aromatic carbocycles. The Bertz CT molecular complexity index is 331. The molecule has 0 amide bonds. The van der Waals surface area contributed by atoms with E-state index >= 15 is 0 Å². The van der Waals surface area contributed by atoms with Crippen LogP contribution in [-0.4, -0.2) is 22.2 Å². The molecule has 3 unspecified atom stereocenters. The van der Waals surface area contributed by atoms with E-state index in [1.54, 1.807) is 0 Å². The molecule has 2 saturated carbocycles. The number of hydrogen-bond acceptors (Lipinski definition) is 2. The van der Waals surface area contributed by atoms with Crippen molar-refractivity contribution in [2.75, 3.05) is 0 Å². The summed E-state index contributed by atoms with van der Waals surface area (Å²) >= 11 is 0. The Labute approximate surface area is 87.6 Å². The first-order chi connectivity index (χ1) is 7.08. The summed E-state index contributed by atoms with van der Waals surface area (Å²) in [5.74, 6) is -1.24. The van der Waals surface area contributed by atoms with Gasteiger partial charge in [0.2, 0.25) is 0 Å². The van der Waals surface area contributed by atoms with Crippen LogP contribution in [0.25, 0.3) is 0 Å². The van der Waals surface area contributed by atoms with Crippen LogP contribution in [0.5, 0.6) is 0 Å². The maximum atomic E-state index is 11.0. The molecule has 0 aliphatic heterocycles. The first-order valence-corrected chi connectivity index (χ1v) is 5.25. The van der Waals surface area contributed by atoms with E-state index < -0.39 is 11.9 Å². The molecule has 0 aromatic heterocycles. The molecule has 0 heterocycles. The van der Waals surface area contributed by atoms with Crippen LogP contribution < -0.4 is 0 Å². The van der Waals surface area contributed by atoms with Gasteiger partial charge in [0.15, 0.2) is 0 Å². The standard InChI is InChI=1S/C11H14O4/c12-10(13)5-9(11(14)15)8-4-6-1-2-7(8)3-6/h5-8H,1-4H2,(H,12,13)(H,14,15)/b9-5-. The highest BCUT2D eigenvalue weighted by Gasteiger charge is 2.42. The third kappa shape index (κ3) is 1.89. The molecule has 2 aliphatic rings. The van der Waals surface area contributed by atoms with Gasteiger partial charge in [-0.3, -0.25) is 0 Å². The van der Waals surface area contributed by atoms with Gasteiger partial charge in [0, 0.05) is 11.6 Å². The molecule has 0 saturated heterocycles. The zero-order valence-electron chi connectivity index (χ0n) is 8.35. The van der Waals surface area contributed by atoms with E-state index in [2.05, 4.69) is 0 Å². The first kappa shape index (κ1) is 10.2. The topological polar surface area (TPSA) is 74.6 Å². The Kier molecular flexibility index (Phi) is 2.50. The predicted octanol–water partition coefficient (Wildman–Crippen LogP) is 1.52. The third-order valence-corrected chi connectivity index (χ3v) is 3.66. The van der Waals surface area contributed by atoms with E-state index in [4.69, 9.17) is 10.2 Å². The lowest BCUT2D eigenvalue weighted by Gasteiger charge is -2.21. The van der Waals surface area contributed by atoms with Crippen molar-refractivity contribution in [1.29, 1.82) is 0 Å². The predicted molar refractivity (Wildman–Crippen MR) is 52.3 cm³/mol. The van der Waals surface area contributed by atoms with Crippen molar-refractivity contribution >= 4 is 11.9 Å². The highest BCUT2D eigenvalue weighted by molar-refractivity contribution is 5.95. The summed E-state index contributed by atoms with van der Waals surface area (Å²) < 4.78 is 0. The van der Waals surface area contributed by atoms with E-state index in [0.29, 0.717) is 11.8 Å². The Morgan fingerprint density at radius 2 is 1.87 bits per heavy atom. The SMILES string of the molecule is O=C(O)/C=C(\C(=O)O)C1CC2CCC1C2. The number of rotatable bonds is 3. The van der Waals surface area contributed by atoms with Gasteiger partial charge in [0.05, 0.1) is 0 Å². The fourth-order valence-electron chi connectivity index (χ4n) is 3.09. The molecule has 2 rings (SSSR count). The van der Waals surface area contributed by atoms with Crippen LogP contribution in [0.3, 0.4) is 0 Å². The lowest BCUT2D eigenvalue weighted by atomic mass is 9.83. The zero-order chi connectivity index (χ0) is 11.0. The van der Waals surface area contributed by atoms with Crippen LogP contribution in [0, 0.1) is 17.8 Å². The molecule has 3 atom stereocenters. The fourth-order valence-corrected chi connectivity index (χ4v) is 3.09. The summed E-state index contributed by atoms with van der Waals surface area (Å²) in [7, 11) is 0. The van der Waals surface area contributed by atoms with Crippen molar-refractivity contribution in [2.45, 2.75) is 25.7 Å². The van der Waals surface area contributed by atoms with Crippen LogP contribution in [0.2, 0.25) is 0 Å². The Morgan fingerprint density at radius 3 is 2.27 bits per heavy atom. The molecule has 0 spiro atoms. The number of carboxylic acids is 2. The van der Waals surface area contributed by atoms with Crippen molar-refractivity contribution in [1.82, 2.24) is 0 Å². The summed E-state index contributed by atoms with van der Waals surface area (Å²) in [6, 6.07) is 0. The van der Waals surface area contributed by atoms with Crippen molar-refractivity contribution in [3.05, 3.63) is 11.6 Å². The summed E-state index contributed by atoms with van der Waals surface area (Å²) in [5, 5.41) is 17.6. The molecule has 0 radical (unpaired) electrons. The van der Waals surface area contributed by atoms with E-state index in [-0.39, 0.29) is 11.5 Å². The van der Waals surface area contributed by atoms with Crippen molar-refractivity contribution in [2.24, 2.45) is 17.8 Å². The lowest BCUT2D eigenvalue weighted by molar-refractivity contribution is -0.135. The minimum atomic E-state index is -1.16. The molecular weight excluding hydrogens is 196 g/mol. The van der Waals surface area contributed by atoms with Gasteiger partial charge in [-0.15, -0.1) is 0 Å². The third-order valence-electron chi connectivity index (χ3n) is 3.66. The van der Waals surface area contributed by atoms with Crippen molar-refractivity contribution in [3.63, 3.8) is 0 Å². The highest BCUT2D eigenvalue weighted by Crippen LogP contribution is 2.50. The quantitative estimate of drug-likeness (QED) is 0.692. The molecule has 82 valence electrons. The van der Waals surface area contributed by atoms with Gasteiger partial charge < -0.3 is 10.2 Å². The minimum Gasteiger partial charge on any atom is -0.478 e. The Morgan fingerprint density at radius 1 is 1.13 bits per heavy atom. The lowest BCUT2D eigenvalue weighted by Crippen LogP contribution is -2.19. The van der Waals surface area contributed by atoms with Crippen molar-refractivity contribution < 1.29 is 19.8 Å². The second-order valence-corrected chi connectivity index (χ2v) is 4.52. The number of aliphatic carboxylic acids is 2. The molecule has 2 aliphatic carbocycles. The van der Waals surface area contributed by atoms with Gasteiger partial charge in [-0.05, 0) is 37.0 Å². The molecular formula is C11H14O4. The zero-order valence-corrected chi connectivity index (χ0v) is 8.35. The summed E-state index contributed by atoms with van der Waals surface area (Å²) in [4.78, 5) is 21.5. The number of carboxylic acid groups (broad SMARTS) is 2. The van der Waals surface area contributed by atoms with E-state index in [1.165, 1.54) is 6.42 Å². The van der Waals surface area contributed by atoms with Gasteiger partial charge in [-0.2, -0.15) is 0 Å². The smallest absolute Gasteiger partial charge is 0.332 e. The number of hydrogen-bond donors (Lipinski definition) is 2. The normalized spacial score (nSPS) is 34.4. The van der Waals surface area contributed by atoms with E-state index in [0.717, 1.165) is 25.3 Å².